The minimum Gasteiger partial charge on any atom is -0.327 e. The summed E-state index contributed by atoms with van der Waals surface area (Å²) in [4.78, 5) is 24.5. The number of quaternary nitrogens is 1. The molecule has 0 atom stereocenters. The van der Waals surface area contributed by atoms with Crippen molar-refractivity contribution in [2.75, 3.05) is 24.5 Å². The monoisotopic (exact) mass is 297 g/mol. The van der Waals surface area contributed by atoms with Crippen molar-refractivity contribution in [1.82, 2.24) is 9.97 Å². The van der Waals surface area contributed by atoms with Gasteiger partial charge in [0.1, 0.15) is 11.6 Å². The minimum absolute atomic E-state index is 0.0503. The van der Waals surface area contributed by atoms with Gasteiger partial charge in [0.2, 0.25) is 0 Å². The van der Waals surface area contributed by atoms with Crippen LogP contribution in [0.15, 0.2) is 48.8 Å². The molecule has 3 heterocycles. The van der Waals surface area contributed by atoms with Crippen molar-refractivity contribution in [2.24, 2.45) is 0 Å². The number of likely N-dealkylation sites (tertiary alicyclic amines) is 1. The van der Waals surface area contributed by atoms with Crippen LogP contribution < -0.4 is 9.80 Å². The van der Waals surface area contributed by atoms with Gasteiger partial charge >= 0.3 is 0 Å². The molecule has 2 aromatic rings. The van der Waals surface area contributed by atoms with Gasteiger partial charge in [-0.3, -0.25) is 4.79 Å². The summed E-state index contributed by atoms with van der Waals surface area (Å²) in [6.45, 7) is 2.64. The normalized spacial score (nSPS) is 15.5. The number of nitrogens with one attached hydrogen (secondary N) is 1. The molecule has 0 aromatic carbocycles. The Morgan fingerprint density at radius 2 is 1.55 bits per heavy atom. The van der Waals surface area contributed by atoms with Crippen LogP contribution >= 0.6 is 0 Å². The highest BCUT2D eigenvalue weighted by Crippen LogP contribution is 2.20. The molecular weight excluding hydrogens is 276 g/mol. The Bertz CT molecular complexity index is 557. The molecule has 3 rings (SSSR count). The van der Waals surface area contributed by atoms with Crippen LogP contribution in [0, 0.1) is 0 Å². The summed E-state index contributed by atoms with van der Waals surface area (Å²) in [6, 6.07) is 11.2. The second kappa shape index (κ2) is 7.13. The van der Waals surface area contributed by atoms with Gasteiger partial charge in [-0.2, -0.15) is 0 Å². The van der Waals surface area contributed by atoms with Crippen LogP contribution in [0.4, 0.5) is 11.6 Å². The van der Waals surface area contributed by atoms with E-state index in [-0.39, 0.29) is 5.91 Å². The highest BCUT2D eigenvalue weighted by molar-refractivity contribution is 5.99. The van der Waals surface area contributed by atoms with Gasteiger partial charge in [-0.1, -0.05) is 12.1 Å². The van der Waals surface area contributed by atoms with Crippen LogP contribution in [0.2, 0.25) is 0 Å². The van der Waals surface area contributed by atoms with Crippen molar-refractivity contribution in [3.63, 3.8) is 0 Å². The van der Waals surface area contributed by atoms with Gasteiger partial charge in [-0.25, -0.2) is 14.9 Å². The fourth-order valence-electron chi connectivity index (χ4n) is 2.87. The molecule has 1 N–H and O–H groups in total. The summed E-state index contributed by atoms with van der Waals surface area (Å²) >= 11 is 0. The van der Waals surface area contributed by atoms with Gasteiger partial charge in [-0.15, -0.1) is 0 Å². The number of aromatic nitrogens is 2. The van der Waals surface area contributed by atoms with E-state index in [1.807, 2.05) is 36.4 Å². The molecule has 1 aliphatic heterocycles. The summed E-state index contributed by atoms with van der Waals surface area (Å²) in [5, 5.41) is 0. The molecular formula is C17H21N4O+. The van der Waals surface area contributed by atoms with E-state index >= 15 is 0 Å². The SMILES string of the molecule is O=C(C[NH+]1CCCCC1)N(c1ccccn1)c1ccccn1. The molecule has 5 nitrogen and oxygen atoms in total. The molecule has 2 aromatic heterocycles. The zero-order chi connectivity index (χ0) is 15.2. The van der Waals surface area contributed by atoms with Crippen LogP contribution in [0.25, 0.3) is 0 Å². The zero-order valence-corrected chi connectivity index (χ0v) is 12.6. The van der Waals surface area contributed by atoms with Crippen LogP contribution in [0.3, 0.4) is 0 Å². The Hall–Kier alpha value is -2.27. The standard InChI is InChI=1S/C17H20N4O/c22-17(14-20-12-6-1-7-13-20)21(15-8-2-4-10-18-15)16-9-3-5-11-19-16/h2-5,8-11H,1,6-7,12-14H2/p+1. The van der Waals surface area contributed by atoms with Gasteiger partial charge < -0.3 is 4.90 Å². The molecule has 0 radical (unpaired) electrons. The topological polar surface area (TPSA) is 50.5 Å². The number of piperidine rings is 1. The molecule has 1 fully saturated rings. The molecule has 1 aliphatic rings. The van der Waals surface area contributed by atoms with E-state index in [2.05, 4.69) is 9.97 Å². The average molecular weight is 297 g/mol. The lowest BCUT2D eigenvalue weighted by atomic mass is 10.1. The minimum atomic E-state index is 0.0503. The van der Waals surface area contributed by atoms with Gasteiger partial charge in [-0.05, 0) is 43.5 Å². The number of hydrogen-bond donors (Lipinski definition) is 1. The summed E-state index contributed by atoms with van der Waals surface area (Å²) in [6.07, 6.45) is 7.09. The van der Waals surface area contributed by atoms with Crippen molar-refractivity contribution >= 4 is 17.5 Å². The largest absolute Gasteiger partial charge is 0.327 e. The van der Waals surface area contributed by atoms with Gasteiger partial charge in [0.25, 0.3) is 5.91 Å². The van der Waals surface area contributed by atoms with E-state index < -0.39 is 0 Å². The van der Waals surface area contributed by atoms with Crippen molar-refractivity contribution < 1.29 is 9.69 Å². The first-order valence-electron chi connectivity index (χ1n) is 7.83. The van der Waals surface area contributed by atoms with E-state index in [0.29, 0.717) is 18.2 Å². The summed E-state index contributed by atoms with van der Waals surface area (Å²) in [5.74, 6) is 1.31. The fraction of sp³-hybridized carbons (Fsp3) is 0.353. The van der Waals surface area contributed by atoms with Crippen LogP contribution in [-0.4, -0.2) is 35.5 Å². The third kappa shape index (κ3) is 3.49. The van der Waals surface area contributed by atoms with Crippen LogP contribution in [0.1, 0.15) is 19.3 Å². The first-order chi connectivity index (χ1) is 10.8. The van der Waals surface area contributed by atoms with E-state index in [4.69, 9.17) is 0 Å². The second-order valence-corrected chi connectivity index (χ2v) is 5.59. The second-order valence-electron chi connectivity index (χ2n) is 5.59. The van der Waals surface area contributed by atoms with Crippen LogP contribution in [0.5, 0.6) is 0 Å². The number of anilines is 2. The zero-order valence-electron chi connectivity index (χ0n) is 12.6. The number of nitrogens with zero attached hydrogens (tertiary/aromatic N) is 3. The summed E-state index contributed by atoms with van der Waals surface area (Å²) in [5.41, 5.74) is 0. The van der Waals surface area contributed by atoms with Crippen molar-refractivity contribution in [1.29, 1.82) is 0 Å². The van der Waals surface area contributed by atoms with Crippen LogP contribution in [-0.2, 0) is 4.79 Å². The number of carbonyl (C=O) groups is 1. The number of carbonyl (C=O) groups excluding carboxylic acids is 1. The molecule has 114 valence electrons. The molecule has 0 bridgehead atoms. The van der Waals surface area contributed by atoms with Crippen molar-refractivity contribution in [2.45, 2.75) is 19.3 Å². The molecule has 0 unspecified atom stereocenters. The molecule has 5 heteroatoms. The summed E-state index contributed by atoms with van der Waals surface area (Å²) < 4.78 is 0. The van der Waals surface area contributed by atoms with Crippen molar-refractivity contribution in [3.8, 4) is 0 Å². The Balaban J connectivity index is 1.83. The Kier molecular flexibility index (Phi) is 4.75. The van der Waals surface area contributed by atoms with Gasteiger partial charge in [0, 0.05) is 12.4 Å². The lowest BCUT2D eigenvalue weighted by Crippen LogP contribution is -3.13. The first kappa shape index (κ1) is 14.7. The maximum absolute atomic E-state index is 12.8. The number of pyridine rings is 2. The molecule has 0 saturated carbocycles. The quantitative estimate of drug-likeness (QED) is 0.923. The third-order valence-corrected chi connectivity index (χ3v) is 3.97. The van der Waals surface area contributed by atoms with E-state index in [1.165, 1.54) is 24.2 Å². The van der Waals surface area contributed by atoms with E-state index in [1.54, 1.807) is 17.3 Å². The van der Waals surface area contributed by atoms with E-state index in [9.17, 15) is 4.79 Å². The highest BCUT2D eigenvalue weighted by Gasteiger charge is 2.25. The number of hydrogen-bond acceptors (Lipinski definition) is 3. The summed E-state index contributed by atoms with van der Waals surface area (Å²) in [7, 11) is 0. The van der Waals surface area contributed by atoms with Gasteiger partial charge in [0.15, 0.2) is 6.54 Å². The Labute approximate surface area is 130 Å². The fourth-order valence-corrected chi connectivity index (χ4v) is 2.87. The Morgan fingerprint density at radius 3 is 2.05 bits per heavy atom. The highest BCUT2D eigenvalue weighted by atomic mass is 16.2. The smallest absolute Gasteiger partial charge is 0.289 e. The maximum atomic E-state index is 12.8. The molecule has 1 saturated heterocycles. The number of amides is 1. The Morgan fingerprint density at radius 1 is 0.955 bits per heavy atom. The molecule has 22 heavy (non-hydrogen) atoms. The molecule has 0 spiro atoms. The third-order valence-electron chi connectivity index (χ3n) is 3.97. The molecule has 1 amide bonds. The predicted octanol–water partition coefficient (Wildman–Crippen LogP) is 1.21. The number of rotatable bonds is 4. The lowest BCUT2D eigenvalue weighted by Gasteiger charge is -2.26. The average Bonchev–Trinajstić information content (AvgIpc) is 2.58. The lowest BCUT2D eigenvalue weighted by molar-refractivity contribution is -0.896. The predicted molar refractivity (Wildman–Crippen MR) is 85.0 cm³/mol. The van der Waals surface area contributed by atoms with Crippen molar-refractivity contribution in [3.05, 3.63) is 48.8 Å². The maximum Gasteiger partial charge on any atom is 0.289 e. The first-order valence-corrected chi connectivity index (χ1v) is 7.83. The van der Waals surface area contributed by atoms with E-state index in [0.717, 1.165) is 13.1 Å². The van der Waals surface area contributed by atoms with Gasteiger partial charge in [0.05, 0.1) is 13.1 Å². The molecule has 0 aliphatic carbocycles.